The van der Waals surface area contributed by atoms with Crippen molar-refractivity contribution in [1.29, 1.82) is 5.26 Å². The summed E-state index contributed by atoms with van der Waals surface area (Å²) in [5.74, 6) is 0.0144. The van der Waals surface area contributed by atoms with Crippen LogP contribution in [-0.2, 0) is 11.2 Å². The highest BCUT2D eigenvalue weighted by Gasteiger charge is 2.16. The van der Waals surface area contributed by atoms with Gasteiger partial charge in [-0.2, -0.15) is 5.26 Å². The largest absolute Gasteiger partial charge is 0.385 e. The number of nitrogens with zero attached hydrogens (tertiary/aromatic N) is 1. The van der Waals surface area contributed by atoms with E-state index in [1.807, 2.05) is 6.07 Å². The molecule has 0 spiro atoms. The number of rotatable bonds is 4. The van der Waals surface area contributed by atoms with Crippen LogP contribution in [0.5, 0.6) is 0 Å². The van der Waals surface area contributed by atoms with E-state index in [1.54, 1.807) is 44.2 Å². The summed E-state index contributed by atoms with van der Waals surface area (Å²) in [4.78, 5) is 12.2. The van der Waals surface area contributed by atoms with Gasteiger partial charge in [0.15, 0.2) is 0 Å². The first-order chi connectivity index (χ1) is 11.8. The van der Waals surface area contributed by atoms with Gasteiger partial charge in [-0.1, -0.05) is 41.4 Å². The summed E-state index contributed by atoms with van der Waals surface area (Å²) in [6.07, 6.45) is -0.00255. The lowest BCUT2D eigenvalue weighted by atomic mass is 9.99. The van der Waals surface area contributed by atoms with E-state index in [4.69, 9.17) is 34.2 Å². The van der Waals surface area contributed by atoms with Gasteiger partial charge in [-0.05, 0) is 48.7 Å². The number of carbonyl (C=O) groups excluding carboxylic acids is 1. The molecule has 2 aromatic rings. The summed E-state index contributed by atoms with van der Waals surface area (Å²) >= 11 is 12.7. The minimum atomic E-state index is -0.301. The lowest BCUT2D eigenvalue weighted by Gasteiger charge is -2.13. The molecule has 3 N–H and O–H groups in total. The van der Waals surface area contributed by atoms with Crippen molar-refractivity contribution in [2.75, 3.05) is 0 Å². The van der Waals surface area contributed by atoms with E-state index in [0.717, 1.165) is 11.1 Å². The molecule has 128 valence electrons. The summed E-state index contributed by atoms with van der Waals surface area (Å²) in [6, 6.07) is 12.6. The van der Waals surface area contributed by atoms with Gasteiger partial charge >= 0.3 is 0 Å². The van der Waals surface area contributed by atoms with Gasteiger partial charge in [-0.3, -0.25) is 4.79 Å². The van der Waals surface area contributed by atoms with Crippen LogP contribution in [0.2, 0.25) is 10.0 Å². The number of nitrogens with two attached hydrogens (primary N) is 1. The first-order valence-corrected chi connectivity index (χ1v) is 8.29. The first kappa shape index (κ1) is 18.9. The number of benzene rings is 2. The zero-order valence-corrected chi connectivity index (χ0v) is 15.4. The van der Waals surface area contributed by atoms with Gasteiger partial charge in [-0.15, -0.1) is 0 Å². The number of allylic oxidation sites excluding steroid dienone is 1. The highest BCUT2D eigenvalue weighted by atomic mass is 35.5. The maximum atomic E-state index is 12.2. The Morgan fingerprint density at radius 2 is 1.96 bits per heavy atom. The van der Waals surface area contributed by atoms with E-state index in [0.29, 0.717) is 32.6 Å². The van der Waals surface area contributed by atoms with Crippen LogP contribution in [-0.4, -0.2) is 5.91 Å². The van der Waals surface area contributed by atoms with Crippen molar-refractivity contribution >= 4 is 29.1 Å². The molecule has 0 aliphatic carbocycles. The zero-order chi connectivity index (χ0) is 18.6. The molecule has 0 saturated carbocycles. The van der Waals surface area contributed by atoms with Gasteiger partial charge in [0.25, 0.3) is 0 Å². The Labute approximate surface area is 156 Å². The van der Waals surface area contributed by atoms with Gasteiger partial charge in [0.2, 0.25) is 5.91 Å². The number of nitriles is 1. The average molecular weight is 374 g/mol. The Balaban J connectivity index is 2.39. The quantitative estimate of drug-likeness (QED) is 0.833. The average Bonchev–Trinajstić information content (AvgIpc) is 2.58. The Morgan fingerprint density at radius 3 is 2.60 bits per heavy atom. The number of halogens is 2. The normalized spacial score (nSPS) is 10.0. The monoisotopic (exact) mass is 373 g/mol. The molecule has 0 heterocycles. The molecule has 1 amide bonds. The second-order valence-corrected chi connectivity index (χ2v) is 6.50. The summed E-state index contributed by atoms with van der Waals surface area (Å²) in [5.41, 5.74) is 9.10. The molecule has 0 aromatic heterocycles. The number of hydrogen-bond donors (Lipinski definition) is 2. The third-order valence-electron chi connectivity index (χ3n) is 3.64. The second-order valence-electron chi connectivity index (χ2n) is 5.72. The van der Waals surface area contributed by atoms with Crippen molar-refractivity contribution in [2.45, 2.75) is 20.3 Å². The minimum Gasteiger partial charge on any atom is -0.385 e. The number of nitrogens with one attached hydrogen (secondary N) is 1. The minimum absolute atomic E-state index is 0.00255. The van der Waals surface area contributed by atoms with Crippen LogP contribution in [0.25, 0.3) is 11.1 Å². The molecule has 0 aliphatic rings. The van der Waals surface area contributed by atoms with E-state index in [9.17, 15) is 4.79 Å². The molecule has 0 aliphatic heterocycles. The molecule has 0 unspecified atom stereocenters. The third kappa shape index (κ3) is 4.54. The molecule has 2 rings (SSSR count). The highest BCUT2D eigenvalue weighted by Crippen LogP contribution is 2.35. The van der Waals surface area contributed by atoms with Crippen molar-refractivity contribution < 1.29 is 4.79 Å². The lowest BCUT2D eigenvalue weighted by molar-refractivity contribution is -0.119. The molecule has 4 nitrogen and oxygen atoms in total. The fourth-order valence-corrected chi connectivity index (χ4v) is 2.83. The SMILES string of the molecule is CC(C)=C(N)NC(=O)Cc1c(Cl)ccc(-c2cccc(C#N)c2)c1Cl. The van der Waals surface area contributed by atoms with Gasteiger partial charge in [0.1, 0.15) is 5.82 Å². The molecule has 2 aromatic carbocycles. The van der Waals surface area contributed by atoms with E-state index >= 15 is 0 Å². The highest BCUT2D eigenvalue weighted by molar-refractivity contribution is 6.38. The fourth-order valence-electron chi connectivity index (χ4n) is 2.22. The van der Waals surface area contributed by atoms with Crippen molar-refractivity contribution in [3.63, 3.8) is 0 Å². The topological polar surface area (TPSA) is 78.9 Å². The van der Waals surface area contributed by atoms with Crippen LogP contribution < -0.4 is 11.1 Å². The standard InChI is InChI=1S/C19H17Cl2N3O/c1-11(2)19(23)24-17(25)9-15-16(20)7-6-14(18(15)21)13-5-3-4-12(8-13)10-22/h3-8H,9,23H2,1-2H3,(H,24,25). The zero-order valence-electron chi connectivity index (χ0n) is 13.9. The summed E-state index contributed by atoms with van der Waals surface area (Å²) in [5, 5.41) is 12.5. The molecular weight excluding hydrogens is 357 g/mol. The molecule has 0 saturated heterocycles. The van der Waals surface area contributed by atoms with Crippen LogP contribution in [0, 0.1) is 11.3 Å². The predicted octanol–water partition coefficient (Wildman–Crippen LogP) is 4.40. The lowest BCUT2D eigenvalue weighted by Crippen LogP contribution is -2.29. The van der Waals surface area contributed by atoms with Gasteiger partial charge < -0.3 is 11.1 Å². The molecule has 0 atom stereocenters. The third-order valence-corrected chi connectivity index (χ3v) is 4.42. The first-order valence-electron chi connectivity index (χ1n) is 7.53. The van der Waals surface area contributed by atoms with Crippen LogP contribution in [0.15, 0.2) is 47.8 Å². The van der Waals surface area contributed by atoms with E-state index < -0.39 is 0 Å². The van der Waals surface area contributed by atoms with Crippen molar-refractivity contribution in [3.05, 3.63) is 69.0 Å². The number of hydrogen-bond acceptors (Lipinski definition) is 3. The van der Waals surface area contributed by atoms with Gasteiger partial charge in [0.05, 0.1) is 23.1 Å². The maximum absolute atomic E-state index is 12.2. The number of amides is 1. The Hall–Kier alpha value is -2.48. The Morgan fingerprint density at radius 1 is 1.24 bits per heavy atom. The molecular formula is C19H17Cl2N3O. The van der Waals surface area contributed by atoms with E-state index in [-0.39, 0.29) is 12.3 Å². The van der Waals surface area contributed by atoms with Crippen LogP contribution in [0.3, 0.4) is 0 Å². The van der Waals surface area contributed by atoms with Crippen LogP contribution in [0.1, 0.15) is 25.0 Å². The molecule has 25 heavy (non-hydrogen) atoms. The van der Waals surface area contributed by atoms with E-state index in [2.05, 4.69) is 11.4 Å². The van der Waals surface area contributed by atoms with Gasteiger partial charge in [0, 0.05) is 10.6 Å². The Kier molecular flexibility index (Phi) is 6.08. The number of carbonyl (C=O) groups is 1. The summed E-state index contributed by atoms with van der Waals surface area (Å²) in [6.45, 7) is 3.61. The smallest absolute Gasteiger partial charge is 0.229 e. The summed E-state index contributed by atoms with van der Waals surface area (Å²) in [7, 11) is 0. The Bertz CT molecular complexity index is 894. The van der Waals surface area contributed by atoms with Crippen LogP contribution >= 0.6 is 23.2 Å². The maximum Gasteiger partial charge on any atom is 0.229 e. The molecule has 0 fully saturated rings. The molecule has 0 bridgehead atoms. The fraction of sp³-hybridized carbons (Fsp3) is 0.158. The molecule has 0 radical (unpaired) electrons. The van der Waals surface area contributed by atoms with Gasteiger partial charge in [-0.25, -0.2) is 0 Å². The van der Waals surface area contributed by atoms with Crippen LogP contribution in [0.4, 0.5) is 0 Å². The van der Waals surface area contributed by atoms with Crippen molar-refractivity contribution in [1.82, 2.24) is 5.32 Å². The molecule has 6 heteroatoms. The second kappa shape index (κ2) is 8.06. The van der Waals surface area contributed by atoms with E-state index in [1.165, 1.54) is 0 Å². The van der Waals surface area contributed by atoms with Crippen molar-refractivity contribution in [3.8, 4) is 17.2 Å². The van der Waals surface area contributed by atoms with Crippen molar-refractivity contribution in [2.24, 2.45) is 5.73 Å². The summed E-state index contributed by atoms with van der Waals surface area (Å²) < 4.78 is 0. The predicted molar refractivity (Wildman–Crippen MR) is 101 cm³/mol.